The molecule has 10 rings (SSSR count). The summed E-state index contributed by atoms with van der Waals surface area (Å²) in [6.45, 7) is 3.85. The van der Waals surface area contributed by atoms with Gasteiger partial charge in [-0.05, 0) is 92.0 Å². The molecule has 5 aromatic rings. The Kier molecular flexibility index (Phi) is 10.7. The molecule has 16 heteroatoms. The Morgan fingerprint density at radius 2 is 1.70 bits per heavy atom. The quantitative estimate of drug-likeness (QED) is 0.142. The van der Waals surface area contributed by atoms with Gasteiger partial charge in [-0.15, -0.1) is 10.2 Å². The fourth-order valence-electron chi connectivity index (χ4n) is 10.2. The number of pyridine rings is 1. The third-order valence-corrected chi connectivity index (χ3v) is 13.9. The number of nitrogens with one attached hydrogen (secondary N) is 1. The first kappa shape index (κ1) is 40.9. The van der Waals surface area contributed by atoms with Crippen molar-refractivity contribution in [2.24, 2.45) is 0 Å². The number of likely N-dealkylation sites (tertiary alicyclic amines) is 2. The molecule has 1 aliphatic carbocycles. The smallest absolute Gasteiger partial charge is 0.328 e. The lowest BCUT2D eigenvalue weighted by Gasteiger charge is -2.41. The second-order valence-corrected chi connectivity index (χ2v) is 18.1. The molecule has 63 heavy (non-hydrogen) atoms. The highest BCUT2D eigenvalue weighted by Crippen LogP contribution is 2.46. The number of anilines is 3. The van der Waals surface area contributed by atoms with Gasteiger partial charge in [-0.2, -0.15) is 0 Å². The van der Waals surface area contributed by atoms with Crippen LogP contribution in [0.1, 0.15) is 97.1 Å². The van der Waals surface area contributed by atoms with Crippen molar-refractivity contribution in [1.82, 2.24) is 34.9 Å². The number of aromatic nitrogens is 4. The Morgan fingerprint density at radius 1 is 0.905 bits per heavy atom. The maximum absolute atomic E-state index is 16.5. The fourth-order valence-corrected chi connectivity index (χ4v) is 10.2. The van der Waals surface area contributed by atoms with E-state index in [2.05, 4.69) is 36.1 Å². The number of urea groups is 1. The molecule has 0 spiro atoms. The summed E-state index contributed by atoms with van der Waals surface area (Å²) in [5.74, 6) is -0.323. The number of carbonyl (C=O) groups is 3. The molecule has 4 amide bonds. The molecule has 4 aliphatic heterocycles. The largest absolute Gasteiger partial charge is 0.507 e. The van der Waals surface area contributed by atoms with E-state index in [0.29, 0.717) is 60.3 Å². The van der Waals surface area contributed by atoms with E-state index in [-0.39, 0.29) is 73.3 Å². The molecule has 1 unspecified atom stereocenters. The minimum absolute atomic E-state index is 0.0884. The number of rotatable bonds is 9. The number of nitrogens with zero attached hydrogens (tertiary/aromatic N) is 8. The minimum Gasteiger partial charge on any atom is -0.507 e. The van der Waals surface area contributed by atoms with Crippen LogP contribution in [0.2, 0.25) is 0 Å². The van der Waals surface area contributed by atoms with Crippen molar-refractivity contribution in [1.29, 1.82) is 0 Å². The Bertz CT molecular complexity index is 2580. The van der Waals surface area contributed by atoms with Gasteiger partial charge >= 0.3 is 6.03 Å². The predicted molar refractivity (Wildman–Crippen MR) is 235 cm³/mol. The average molecular weight is 859 g/mol. The number of alkyl halides is 1. The molecular formula is C47H52F2N10O4. The molecule has 4 N–H and O–H groups in total. The van der Waals surface area contributed by atoms with Gasteiger partial charge in [0, 0.05) is 106 Å². The van der Waals surface area contributed by atoms with Crippen molar-refractivity contribution in [3.8, 4) is 17.0 Å². The number of hydrogen-bond donors (Lipinski definition) is 3. The highest BCUT2D eigenvalue weighted by molar-refractivity contribution is 6.06. The number of fused-ring (bicyclic) bond motifs is 1. The highest BCUT2D eigenvalue weighted by atomic mass is 19.1. The number of para-hydroxylation sites is 1. The molecule has 0 radical (unpaired) electrons. The molecule has 1 saturated carbocycles. The topological polar surface area (TPSA) is 166 Å². The normalized spacial score (nSPS) is 21.2. The fraction of sp³-hybridized carbons (Fsp3) is 0.447. The number of benzene rings is 2. The van der Waals surface area contributed by atoms with E-state index in [4.69, 9.17) is 10.7 Å². The number of halogens is 2. The van der Waals surface area contributed by atoms with Gasteiger partial charge in [0.25, 0.3) is 5.91 Å². The predicted octanol–water partition coefficient (Wildman–Crippen LogP) is 6.91. The Hall–Kier alpha value is -6.16. The van der Waals surface area contributed by atoms with E-state index < -0.39 is 17.5 Å². The van der Waals surface area contributed by atoms with Crippen LogP contribution < -0.4 is 20.9 Å². The van der Waals surface area contributed by atoms with Crippen molar-refractivity contribution < 1.29 is 28.3 Å². The van der Waals surface area contributed by atoms with E-state index in [1.165, 1.54) is 11.6 Å². The van der Waals surface area contributed by atoms with Gasteiger partial charge in [-0.3, -0.25) is 19.8 Å². The van der Waals surface area contributed by atoms with Gasteiger partial charge in [-0.1, -0.05) is 18.2 Å². The maximum atomic E-state index is 16.5. The number of amides is 4. The van der Waals surface area contributed by atoms with Crippen molar-refractivity contribution in [3.63, 3.8) is 0 Å². The summed E-state index contributed by atoms with van der Waals surface area (Å²) in [4.78, 5) is 50.3. The number of nitrogen functional groups attached to an aromatic ring is 1. The van der Waals surface area contributed by atoms with Crippen molar-refractivity contribution in [3.05, 3.63) is 89.5 Å². The maximum Gasteiger partial charge on any atom is 0.328 e. The second-order valence-electron chi connectivity index (χ2n) is 18.1. The first-order valence-electron chi connectivity index (χ1n) is 22.3. The number of imide groups is 1. The van der Waals surface area contributed by atoms with E-state index in [0.717, 1.165) is 62.6 Å². The Labute approximate surface area is 364 Å². The summed E-state index contributed by atoms with van der Waals surface area (Å²) >= 11 is 0. The number of piperidine rings is 3. The monoisotopic (exact) mass is 858 g/mol. The number of aromatic hydroxyl groups is 1. The minimum atomic E-state index is -1.43. The first-order valence-corrected chi connectivity index (χ1v) is 22.3. The molecule has 2 aromatic carbocycles. The van der Waals surface area contributed by atoms with E-state index >= 15 is 8.78 Å². The van der Waals surface area contributed by atoms with E-state index in [1.54, 1.807) is 46.3 Å². The summed E-state index contributed by atoms with van der Waals surface area (Å²) in [5.41, 5.74) is 10.2. The Morgan fingerprint density at radius 3 is 2.44 bits per heavy atom. The SMILES string of the molecule is Nc1nnc(-c2ccccc2O)cc1N1CCCC(c2ccc(C(=O)N3CCC(F)(CN4CCC(n5cc(C6CC6)c6cc(N7CCC(=O)NC7=O)cnc65)CC4)CC3)cc2F)C1. The number of phenolic OH excluding ortho intramolecular Hbond substituents is 1. The van der Waals surface area contributed by atoms with Gasteiger partial charge in [0.1, 0.15) is 22.9 Å². The molecule has 14 nitrogen and oxygen atoms in total. The summed E-state index contributed by atoms with van der Waals surface area (Å²) in [6.07, 6.45) is 10.2. The van der Waals surface area contributed by atoms with Crippen LogP contribution in [-0.2, 0) is 4.79 Å². The molecular weight excluding hydrogens is 807 g/mol. The zero-order chi connectivity index (χ0) is 43.4. The molecule has 7 heterocycles. The van der Waals surface area contributed by atoms with Crippen molar-refractivity contribution in [2.75, 3.05) is 67.9 Å². The third-order valence-electron chi connectivity index (χ3n) is 13.9. The standard InChI is InChI=1S/C47H52F2N10O4/c48-38-22-30(9-10-34(38)31-4-3-16-57(26-31)40-24-39(53-54-43(40)50)35-5-1-2-6-41(35)60)45(62)56-20-14-47(49,15-21-56)28-55-17-11-32(12-18-55)59-27-37(29-7-8-29)36-23-33(25-51-44(36)59)58-19-13-42(61)52-46(58)63/h1-2,5-6,9-10,22-25,27,29,31-32,60H,3-4,7-8,11-21,26,28H2,(H2,50,54)(H,52,61,63). The molecule has 328 valence electrons. The molecule has 0 bridgehead atoms. The molecule has 5 fully saturated rings. The summed E-state index contributed by atoms with van der Waals surface area (Å²) in [7, 11) is 0. The molecule has 5 aliphatic rings. The van der Waals surface area contributed by atoms with Crippen molar-refractivity contribution in [2.45, 2.75) is 81.3 Å². The lowest BCUT2D eigenvalue weighted by molar-refractivity contribution is -0.120. The van der Waals surface area contributed by atoms with Crippen LogP contribution >= 0.6 is 0 Å². The summed E-state index contributed by atoms with van der Waals surface area (Å²) < 4.78 is 34.6. The van der Waals surface area contributed by atoms with Crippen LogP contribution in [0.5, 0.6) is 5.75 Å². The lowest BCUT2D eigenvalue weighted by atomic mass is 9.89. The molecule has 3 aromatic heterocycles. The van der Waals surface area contributed by atoms with Crippen LogP contribution in [0, 0.1) is 5.82 Å². The van der Waals surface area contributed by atoms with Crippen LogP contribution in [0.15, 0.2) is 67.0 Å². The number of phenols is 1. The zero-order valence-electron chi connectivity index (χ0n) is 35.2. The Balaban J connectivity index is 0.738. The highest BCUT2D eigenvalue weighted by Gasteiger charge is 2.39. The summed E-state index contributed by atoms with van der Waals surface area (Å²) in [5, 5.41) is 22.2. The zero-order valence-corrected chi connectivity index (χ0v) is 35.2. The van der Waals surface area contributed by atoms with Crippen LogP contribution in [0.4, 0.5) is 30.8 Å². The van der Waals surface area contributed by atoms with Gasteiger partial charge < -0.3 is 30.1 Å². The van der Waals surface area contributed by atoms with Crippen molar-refractivity contribution >= 4 is 46.1 Å². The van der Waals surface area contributed by atoms with Gasteiger partial charge in [0.2, 0.25) is 5.91 Å². The first-order chi connectivity index (χ1) is 30.5. The third kappa shape index (κ3) is 8.16. The van der Waals surface area contributed by atoms with Crippen LogP contribution in [0.25, 0.3) is 22.3 Å². The molecule has 1 atom stereocenters. The summed E-state index contributed by atoms with van der Waals surface area (Å²) in [6, 6.07) is 15.3. The average Bonchev–Trinajstić information content (AvgIpc) is 4.07. The van der Waals surface area contributed by atoms with E-state index in [1.807, 2.05) is 18.2 Å². The van der Waals surface area contributed by atoms with E-state index in [9.17, 15) is 19.5 Å². The van der Waals surface area contributed by atoms with Crippen LogP contribution in [0.3, 0.4) is 0 Å². The van der Waals surface area contributed by atoms with Crippen LogP contribution in [-0.4, -0.2) is 111 Å². The molecule has 4 saturated heterocycles. The van der Waals surface area contributed by atoms with Gasteiger partial charge in [-0.25, -0.2) is 18.6 Å². The number of nitrogens with two attached hydrogens (primary N) is 1. The number of hydrogen-bond acceptors (Lipinski definition) is 10. The number of carbonyl (C=O) groups excluding carboxylic acids is 3. The van der Waals surface area contributed by atoms with Gasteiger partial charge in [0.05, 0.1) is 23.3 Å². The van der Waals surface area contributed by atoms with Gasteiger partial charge in [0.15, 0.2) is 5.82 Å². The lowest BCUT2D eigenvalue weighted by Crippen LogP contribution is -2.51. The second kappa shape index (κ2) is 16.5.